The average molecular weight is 206 g/mol. The second-order valence-electron chi connectivity index (χ2n) is 2.77. The highest BCUT2D eigenvalue weighted by molar-refractivity contribution is 5.91. The van der Waals surface area contributed by atoms with E-state index >= 15 is 0 Å². The van der Waals surface area contributed by atoms with E-state index in [4.69, 9.17) is 4.74 Å². The molecular weight excluding hydrogens is 196 g/mol. The molecule has 0 bridgehead atoms. The number of hydrogen-bond donors (Lipinski definition) is 1. The van der Waals surface area contributed by atoms with Gasteiger partial charge in [0.2, 0.25) is 12.0 Å². The number of methoxy groups -OCH3 is 1. The Kier molecular flexibility index (Phi) is 3.60. The number of hydrogen-bond acceptors (Lipinski definition) is 4. The van der Waals surface area contributed by atoms with Crippen LogP contribution in [0.15, 0.2) is 23.2 Å². The lowest BCUT2D eigenvalue weighted by Crippen LogP contribution is -2.06. The van der Waals surface area contributed by atoms with E-state index in [9.17, 15) is 9.59 Å². The summed E-state index contributed by atoms with van der Waals surface area (Å²) in [4.78, 5) is 24.4. The van der Waals surface area contributed by atoms with Gasteiger partial charge in [0.05, 0.1) is 18.5 Å². The summed E-state index contributed by atoms with van der Waals surface area (Å²) in [5.41, 5.74) is 0.885. The van der Waals surface area contributed by atoms with E-state index in [0.29, 0.717) is 17.1 Å². The van der Waals surface area contributed by atoms with Crippen LogP contribution in [0.5, 0.6) is 5.75 Å². The number of benzene rings is 1. The molecule has 0 spiro atoms. The number of anilines is 1. The van der Waals surface area contributed by atoms with Crippen molar-refractivity contribution in [3.05, 3.63) is 18.2 Å². The number of carbonyl (C=O) groups is 1. The number of nitrogens with one attached hydrogen (secondary N) is 1. The van der Waals surface area contributed by atoms with Crippen molar-refractivity contribution in [1.29, 1.82) is 0 Å². The van der Waals surface area contributed by atoms with Crippen molar-refractivity contribution >= 4 is 23.4 Å². The third-order valence-electron chi connectivity index (χ3n) is 1.67. The zero-order valence-corrected chi connectivity index (χ0v) is 8.40. The van der Waals surface area contributed by atoms with E-state index in [1.807, 2.05) is 0 Å². The molecule has 0 saturated carbocycles. The maximum absolute atomic E-state index is 10.9. The van der Waals surface area contributed by atoms with Crippen LogP contribution in [-0.2, 0) is 9.59 Å². The molecule has 0 radical (unpaired) electrons. The van der Waals surface area contributed by atoms with E-state index in [1.165, 1.54) is 26.2 Å². The van der Waals surface area contributed by atoms with Crippen LogP contribution < -0.4 is 10.1 Å². The first-order valence-corrected chi connectivity index (χ1v) is 4.21. The smallest absolute Gasteiger partial charge is 0.240 e. The van der Waals surface area contributed by atoms with Crippen molar-refractivity contribution in [3.63, 3.8) is 0 Å². The summed E-state index contributed by atoms with van der Waals surface area (Å²) in [5, 5.41) is 2.57. The van der Waals surface area contributed by atoms with Gasteiger partial charge in [-0.1, -0.05) is 0 Å². The van der Waals surface area contributed by atoms with Gasteiger partial charge in [-0.3, -0.25) is 4.79 Å². The highest BCUT2D eigenvalue weighted by atomic mass is 16.5. The van der Waals surface area contributed by atoms with Gasteiger partial charge < -0.3 is 10.1 Å². The molecule has 1 aromatic carbocycles. The topological polar surface area (TPSA) is 67.8 Å². The molecule has 15 heavy (non-hydrogen) atoms. The summed E-state index contributed by atoms with van der Waals surface area (Å²) < 4.78 is 5.02. The molecule has 0 aliphatic rings. The quantitative estimate of drug-likeness (QED) is 0.603. The van der Waals surface area contributed by atoms with Gasteiger partial charge in [-0.25, -0.2) is 4.79 Å². The van der Waals surface area contributed by atoms with Crippen molar-refractivity contribution in [3.8, 4) is 5.75 Å². The average Bonchev–Trinajstić information content (AvgIpc) is 2.18. The molecule has 5 nitrogen and oxygen atoms in total. The molecule has 5 heteroatoms. The van der Waals surface area contributed by atoms with Gasteiger partial charge in [-0.05, 0) is 18.2 Å². The minimum absolute atomic E-state index is 0.222. The molecule has 0 aromatic heterocycles. The normalized spacial score (nSPS) is 8.93. The Morgan fingerprint density at radius 3 is 2.80 bits per heavy atom. The Bertz CT molecular complexity index is 423. The van der Waals surface area contributed by atoms with Crippen LogP contribution in [0.25, 0.3) is 0 Å². The number of ether oxygens (including phenoxy) is 1. The van der Waals surface area contributed by atoms with E-state index in [2.05, 4.69) is 10.3 Å². The summed E-state index contributed by atoms with van der Waals surface area (Å²) >= 11 is 0. The van der Waals surface area contributed by atoms with Gasteiger partial charge in [0.1, 0.15) is 5.75 Å². The zero-order valence-electron chi connectivity index (χ0n) is 8.40. The molecule has 78 valence electrons. The molecule has 1 rings (SSSR count). The lowest BCUT2D eigenvalue weighted by molar-refractivity contribution is -0.114. The number of aliphatic imine (C=N–C) groups is 1. The molecule has 0 heterocycles. The van der Waals surface area contributed by atoms with E-state index < -0.39 is 0 Å². The fourth-order valence-electron chi connectivity index (χ4n) is 1.11. The second-order valence-corrected chi connectivity index (χ2v) is 2.77. The minimum atomic E-state index is -0.222. The number of isocyanates is 1. The highest BCUT2D eigenvalue weighted by Gasteiger charge is 2.05. The van der Waals surface area contributed by atoms with Crippen molar-refractivity contribution in [2.24, 2.45) is 4.99 Å². The third-order valence-corrected chi connectivity index (χ3v) is 1.67. The SMILES string of the molecule is COc1ccc(N=C=O)cc1NC(C)=O. The number of nitrogens with zero attached hydrogens (tertiary/aromatic N) is 1. The summed E-state index contributed by atoms with van der Waals surface area (Å²) in [6, 6.07) is 4.74. The van der Waals surface area contributed by atoms with Crippen LogP contribution in [0, 0.1) is 0 Å². The molecule has 0 saturated heterocycles. The van der Waals surface area contributed by atoms with Crippen LogP contribution >= 0.6 is 0 Å². The first kappa shape index (κ1) is 10.9. The predicted molar refractivity (Wildman–Crippen MR) is 55.1 cm³/mol. The summed E-state index contributed by atoms with van der Waals surface area (Å²) in [5.74, 6) is 0.288. The largest absolute Gasteiger partial charge is 0.495 e. The Balaban J connectivity index is 3.12. The number of carbonyl (C=O) groups excluding carboxylic acids is 2. The van der Waals surface area contributed by atoms with Crippen LogP contribution in [0.4, 0.5) is 11.4 Å². The van der Waals surface area contributed by atoms with E-state index in [-0.39, 0.29) is 5.91 Å². The van der Waals surface area contributed by atoms with Gasteiger partial charge in [0.25, 0.3) is 0 Å². The molecule has 1 aromatic rings. The Morgan fingerprint density at radius 1 is 1.53 bits per heavy atom. The molecule has 0 aliphatic heterocycles. The fourth-order valence-corrected chi connectivity index (χ4v) is 1.11. The van der Waals surface area contributed by atoms with Crippen LogP contribution in [0.2, 0.25) is 0 Å². The van der Waals surface area contributed by atoms with Gasteiger partial charge in [0.15, 0.2) is 0 Å². The van der Waals surface area contributed by atoms with Gasteiger partial charge in [0, 0.05) is 6.92 Å². The van der Waals surface area contributed by atoms with Gasteiger partial charge in [-0.2, -0.15) is 4.99 Å². The molecule has 0 unspecified atom stereocenters. The number of amides is 1. The molecular formula is C10H10N2O3. The Hall–Kier alpha value is -2.13. The Morgan fingerprint density at radius 2 is 2.27 bits per heavy atom. The van der Waals surface area contributed by atoms with Crippen molar-refractivity contribution in [2.75, 3.05) is 12.4 Å². The van der Waals surface area contributed by atoms with Crippen molar-refractivity contribution in [2.45, 2.75) is 6.92 Å². The van der Waals surface area contributed by atoms with Crippen LogP contribution in [0.1, 0.15) is 6.92 Å². The molecule has 1 N–H and O–H groups in total. The van der Waals surface area contributed by atoms with E-state index in [0.717, 1.165) is 0 Å². The monoisotopic (exact) mass is 206 g/mol. The first-order chi connectivity index (χ1) is 7.17. The molecule has 0 aliphatic carbocycles. The second kappa shape index (κ2) is 4.93. The van der Waals surface area contributed by atoms with Crippen LogP contribution in [0.3, 0.4) is 0 Å². The molecule has 0 atom stereocenters. The van der Waals surface area contributed by atoms with Crippen LogP contribution in [-0.4, -0.2) is 19.1 Å². The van der Waals surface area contributed by atoms with Gasteiger partial charge in [-0.15, -0.1) is 0 Å². The standard InChI is InChI=1S/C10H10N2O3/c1-7(14)12-9-5-8(11-6-13)3-4-10(9)15-2/h3-5H,1-2H3,(H,12,14). The fraction of sp³-hybridized carbons (Fsp3) is 0.200. The molecule has 0 fully saturated rings. The van der Waals surface area contributed by atoms with Crippen molar-refractivity contribution < 1.29 is 14.3 Å². The van der Waals surface area contributed by atoms with E-state index in [1.54, 1.807) is 12.1 Å². The lowest BCUT2D eigenvalue weighted by Gasteiger charge is -2.08. The molecule has 1 amide bonds. The lowest BCUT2D eigenvalue weighted by atomic mass is 10.2. The predicted octanol–water partition coefficient (Wildman–Crippen LogP) is 1.62. The maximum atomic E-state index is 10.9. The minimum Gasteiger partial charge on any atom is -0.495 e. The summed E-state index contributed by atoms with van der Waals surface area (Å²) in [6.07, 6.45) is 1.42. The highest BCUT2D eigenvalue weighted by Crippen LogP contribution is 2.28. The maximum Gasteiger partial charge on any atom is 0.240 e. The number of rotatable bonds is 3. The third kappa shape index (κ3) is 2.93. The first-order valence-electron chi connectivity index (χ1n) is 4.21. The summed E-state index contributed by atoms with van der Waals surface area (Å²) in [6.45, 7) is 1.38. The summed E-state index contributed by atoms with van der Waals surface area (Å²) in [7, 11) is 1.49. The Labute approximate surface area is 86.8 Å². The zero-order chi connectivity index (χ0) is 11.3. The van der Waals surface area contributed by atoms with Crippen molar-refractivity contribution in [1.82, 2.24) is 0 Å². The van der Waals surface area contributed by atoms with Gasteiger partial charge >= 0.3 is 0 Å².